The third-order valence-corrected chi connectivity index (χ3v) is 4.86. The molecule has 1 unspecified atom stereocenters. The number of carbonyl (C=O) groups is 1. The van der Waals surface area contributed by atoms with E-state index in [1.54, 1.807) is 33.3 Å². The highest BCUT2D eigenvalue weighted by atomic mass is 16.5. The number of aromatic amines is 1. The molecule has 31 heavy (non-hydrogen) atoms. The van der Waals surface area contributed by atoms with Crippen LogP contribution in [0.5, 0.6) is 17.2 Å². The number of carbonyl (C=O) groups excluding carboxylic acids is 1. The fourth-order valence-electron chi connectivity index (χ4n) is 3.31. The third kappa shape index (κ3) is 4.55. The number of aromatic nitrogens is 1. The lowest BCUT2D eigenvalue weighted by Crippen LogP contribution is -2.21. The number of methoxy groups -OCH3 is 1. The first-order valence-electron chi connectivity index (χ1n) is 10.0. The Morgan fingerprint density at radius 3 is 2.55 bits per heavy atom. The maximum Gasteiger partial charge on any atom is 0.253 e. The number of ether oxygens (including phenoxy) is 3. The predicted octanol–water partition coefficient (Wildman–Crippen LogP) is 4.35. The second-order valence-corrected chi connectivity index (χ2v) is 7.61. The largest absolute Gasteiger partial charge is 0.497 e. The molecular formula is C24H25N3O4. The van der Waals surface area contributed by atoms with Crippen LogP contribution in [0, 0.1) is 0 Å². The van der Waals surface area contributed by atoms with Crippen LogP contribution in [0.2, 0.25) is 0 Å². The number of nitrogens with one attached hydrogen (secondary N) is 1. The van der Waals surface area contributed by atoms with E-state index >= 15 is 0 Å². The second kappa shape index (κ2) is 8.55. The average molecular weight is 419 g/mol. The van der Waals surface area contributed by atoms with Crippen molar-refractivity contribution >= 4 is 11.8 Å². The third-order valence-electron chi connectivity index (χ3n) is 4.86. The molecule has 1 amide bonds. The molecule has 0 aliphatic carbocycles. The van der Waals surface area contributed by atoms with Crippen LogP contribution >= 0.6 is 0 Å². The molecule has 0 radical (unpaired) electrons. The minimum Gasteiger partial charge on any atom is -0.497 e. The summed E-state index contributed by atoms with van der Waals surface area (Å²) >= 11 is 0. The molecule has 4 rings (SSSR count). The van der Waals surface area contributed by atoms with E-state index in [1.807, 2.05) is 49.4 Å². The Morgan fingerprint density at radius 2 is 1.84 bits per heavy atom. The van der Waals surface area contributed by atoms with Crippen LogP contribution < -0.4 is 9.47 Å². The molecule has 1 N–H and O–H groups in total. The van der Waals surface area contributed by atoms with Crippen LogP contribution in [0.15, 0.2) is 59.6 Å². The van der Waals surface area contributed by atoms with Gasteiger partial charge in [0.15, 0.2) is 0 Å². The molecule has 1 aliphatic rings. The van der Waals surface area contributed by atoms with Crippen molar-refractivity contribution in [3.05, 3.63) is 65.9 Å². The van der Waals surface area contributed by atoms with Crippen LogP contribution in [0.4, 0.5) is 0 Å². The van der Waals surface area contributed by atoms with Crippen molar-refractivity contribution in [1.82, 2.24) is 9.88 Å². The first-order valence-corrected chi connectivity index (χ1v) is 10.0. The van der Waals surface area contributed by atoms with Crippen molar-refractivity contribution in [2.24, 2.45) is 4.99 Å². The summed E-state index contributed by atoms with van der Waals surface area (Å²) in [6.07, 6.45) is 0. The zero-order valence-electron chi connectivity index (χ0n) is 18.0. The fraction of sp³-hybridized carbons (Fsp3) is 0.250. The van der Waals surface area contributed by atoms with Crippen molar-refractivity contribution < 1.29 is 19.0 Å². The number of nitrogens with zero attached hydrogens (tertiary/aromatic N) is 2. The minimum atomic E-state index is -0.110. The highest BCUT2D eigenvalue weighted by Gasteiger charge is 2.19. The lowest BCUT2D eigenvalue weighted by atomic mass is 10.1. The average Bonchev–Trinajstić information content (AvgIpc) is 3.42. The predicted molar refractivity (Wildman–Crippen MR) is 119 cm³/mol. The van der Waals surface area contributed by atoms with E-state index in [2.05, 4.69) is 9.98 Å². The highest BCUT2D eigenvalue weighted by molar-refractivity contribution is 5.96. The van der Waals surface area contributed by atoms with Gasteiger partial charge in [-0.15, -0.1) is 0 Å². The lowest BCUT2D eigenvalue weighted by Gasteiger charge is -2.14. The molecule has 1 atom stereocenters. The summed E-state index contributed by atoms with van der Waals surface area (Å²) in [6, 6.07) is 16.8. The van der Waals surface area contributed by atoms with Crippen LogP contribution in [0.25, 0.3) is 11.3 Å². The van der Waals surface area contributed by atoms with Gasteiger partial charge < -0.3 is 24.1 Å². The Balaban J connectivity index is 1.71. The van der Waals surface area contributed by atoms with Gasteiger partial charge in [-0.1, -0.05) is 6.07 Å². The first-order chi connectivity index (χ1) is 14.9. The molecule has 2 heterocycles. The summed E-state index contributed by atoms with van der Waals surface area (Å²) in [5.41, 5.74) is 2.99. The topological polar surface area (TPSA) is 76.2 Å². The van der Waals surface area contributed by atoms with Gasteiger partial charge in [-0.05, 0) is 49.4 Å². The van der Waals surface area contributed by atoms with Crippen LogP contribution in [0.3, 0.4) is 0 Å². The number of H-pyrrole nitrogens is 1. The first kappa shape index (κ1) is 20.5. The summed E-state index contributed by atoms with van der Waals surface area (Å²) in [7, 11) is 5.05. The summed E-state index contributed by atoms with van der Waals surface area (Å²) < 4.78 is 17.0. The molecular weight excluding hydrogens is 394 g/mol. The molecule has 0 saturated carbocycles. The maximum absolute atomic E-state index is 12.7. The van der Waals surface area contributed by atoms with E-state index in [9.17, 15) is 4.79 Å². The standard InChI is InChI=1S/C24H25N3O4/c1-15-14-30-23(25-15)22-9-8-21(26-22)16-10-17(24(28)27(2)3)12-20(11-16)31-19-7-5-6-18(13-19)29-4/h5-13,15,26H,14H2,1-4H3. The molecule has 0 fully saturated rings. The molecule has 0 saturated heterocycles. The van der Waals surface area contributed by atoms with E-state index in [0.717, 1.165) is 17.0 Å². The van der Waals surface area contributed by atoms with Gasteiger partial charge in [0.05, 0.1) is 13.2 Å². The number of hydrogen-bond donors (Lipinski definition) is 1. The summed E-state index contributed by atoms with van der Waals surface area (Å²) in [5.74, 6) is 2.36. The molecule has 1 aliphatic heterocycles. The van der Waals surface area contributed by atoms with Crippen molar-refractivity contribution in [1.29, 1.82) is 0 Å². The normalized spacial score (nSPS) is 15.2. The Labute approximate surface area is 181 Å². The van der Waals surface area contributed by atoms with Crippen LogP contribution in [-0.4, -0.2) is 55.5 Å². The van der Waals surface area contributed by atoms with E-state index in [-0.39, 0.29) is 11.9 Å². The van der Waals surface area contributed by atoms with Crippen LogP contribution in [-0.2, 0) is 4.74 Å². The number of rotatable bonds is 6. The van der Waals surface area contributed by atoms with Gasteiger partial charge in [0.25, 0.3) is 5.91 Å². The molecule has 160 valence electrons. The number of hydrogen-bond acceptors (Lipinski definition) is 5. The quantitative estimate of drug-likeness (QED) is 0.645. The molecule has 3 aromatic rings. The van der Waals surface area contributed by atoms with Gasteiger partial charge in [0.2, 0.25) is 5.90 Å². The van der Waals surface area contributed by atoms with Crippen molar-refractivity contribution in [3.8, 4) is 28.5 Å². The monoisotopic (exact) mass is 419 g/mol. The van der Waals surface area contributed by atoms with Gasteiger partial charge in [-0.3, -0.25) is 4.79 Å². The molecule has 1 aromatic heterocycles. The molecule has 0 spiro atoms. The SMILES string of the molecule is COc1cccc(Oc2cc(C(=O)N(C)C)cc(-c3ccc(C4=NC(C)CO4)[nH]3)c2)c1. The number of benzene rings is 2. The minimum absolute atomic E-state index is 0.110. The Kier molecular flexibility index (Phi) is 5.66. The Morgan fingerprint density at radius 1 is 1.06 bits per heavy atom. The number of amides is 1. The lowest BCUT2D eigenvalue weighted by molar-refractivity contribution is 0.0827. The number of aliphatic imine (C=N–C) groups is 1. The van der Waals surface area contributed by atoms with Gasteiger partial charge in [-0.2, -0.15) is 0 Å². The zero-order chi connectivity index (χ0) is 22.0. The second-order valence-electron chi connectivity index (χ2n) is 7.61. The smallest absolute Gasteiger partial charge is 0.253 e. The molecule has 7 heteroatoms. The van der Waals surface area contributed by atoms with Crippen molar-refractivity contribution in [3.63, 3.8) is 0 Å². The van der Waals surface area contributed by atoms with E-state index in [1.165, 1.54) is 4.90 Å². The highest BCUT2D eigenvalue weighted by Crippen LogP contribution is 2.31. The van der Waals surface area contributed by atoms with Gasteiger partial charge in [0.1, 0.15) is 29.5 Å². The fourth-order valence-corrected chi connectivity index (χ4v) is 3.31. The summed E-state index contributed by atoms with van der Waals surface area (Å²) in [6.45, 7) is 2.59. The van der Waals surface area contributed by atoms with Crippen molar-refractivity contribution in [2.75, 3.05) is 27.8 Å². The van der Waals surface area contributed by atoms with Crippen LogP contribution in [0.1, 0.15) is 23.0 Å². The van der Waals surface area contributed by atoms with E-state index in [4.69, 9.17) is 14.2 Å². The molecule has 0 bridgehead atoms. The molecule has 7 nitrogen and oxygen atoms in total. The van der Waals surface area contributed by atoms with E-state index < -0.39 is 0 Å². The Bertz CT molecular complexity index is 1130. The van der Waals surface area contributed by atoms with Gasteiger partial charge in [0, 0.05) is 37.0 Å². The van der Waals surface area contributed by atoms with Gasteiger partial charge >= 0.3 is 0 Å². The molecule has 2 aromatic carbocycles. The summed E-state index contributed by atoms with van der Waals surface area (Å²) in [5, 5.41) is 0. The van der Waals surface area contributed by atoms with Gasteiger partial charge in [-0.25, -0.2) is 4.99 Å². The van der Waals surface area contributed by atoms with E-state index in [0.29, 0.717) is 35.3 Å². The summed E-state index contributed by atoms with van der Waals surface area (Å²) in [4.78, 5) is 22.1. The Hall–Kier alpha value is -3.74. The maximum atomic E-state index is 12.7. The van der Waals surface area contributed by atoms with Crippen molar-refractivity contribution in [2.45, 2.75) is 13.0 Å². The zero-order valence-corrected chi connectivity index (χ0v) is 18.0.